The van der Waals surface area contributed by atoms with Gasteiger partial charge in [0.1, 0.15) is 11.3 Å². The Morgan fingerprint density at radius 1 is 1.25 bits per heavy atom. The lowest BCUT2D eigenvalue weighted by molar-refractivity contribution is 0.0238. The van der Waals surface area contributed by atoms with Crippen LogP contribution >= 0.6 is 11.6 Å². The Kier molecular flexibility index (Phi) is 5.32. The zero-order chi connectivity index (χ0) is 25.6. The summed E-state index contributed by atoms with van der Waals surface area (Å²) in [6.07, 6.45) is 3.95. The largest absolute Gasteiger partial charge is 0.465 e. The van der Waals surface area contributed by atoms with Crippen molar-refractivity contribution in [1.29, 1.82) is 0 Å². The van der Waals surface area contributed by atoms with E-state index in [2.05, 4.69) is 19.8 Å². The van der Waals surface area contributed by atoms with Crippen molar-refractivity contribution < 1.29 is 14.3 Å². The van der Waals surface area contributed by atoms with Crippen LogP contribution in [0.4, 0.5) is 21.0 Å². The first-order chi connectivity index (χ1) is 17.0. The summed E-state index contributed by atoms with van der Waals surface area (Å²) in [7, 11) is 1.90. The quantitative estimate of drug-likeness (QED) is 0.614. The van der Waals surface area contributed by atoms with Gasteiger partial charge in [0.15, 0.2) is 11.0 Å². The number of anilines is 2. The van der Waals surface area contributed by atoms with Crippen LogP contribution in [0.2, 0.25) is 5.15 Å². The number of rotatable bonds is 4. The number of fused-ring (bicyclic) bond motifs is 1. The van der Waals surface area contributed by atoms with Gasteiger partial charge in [-0.3, -0.25) is 4.90 Å². The molecule has 0 radical (unpaired) electrons. The van der Waals surface area contributed by atoms with Crippen LogP contribution in [0.5, 0.6) is 0 Å². The van der Waals surface area contributed by atoms with Crippen LogP contribution in [0.1, 0.15) is 40.0 Å². The van der Waals surface area contributed by atoms with Gasteiger partial charge in [0.25, 0.3) is 0 Å². The maximum absolute atomic E-state index is 15.2. The van der Waals surface area contributed by atoms with Gasteiger partial charge in [-0.1, -0.05) is 32.4 Å². The first kappa shape index (κ1) is 23.9. The lowest BCUT2D eigenvalue weighted by Gasteiger charge is -2.52. The molecule has 4 fully saturated rings. The molecule has 194 valence electrons. The summed E-state index contributed by atoms with van der Waals surface area (Å²) >= 11 is 6.03. The molecule has 1 amide bonds. The van der Waals surface area contributed by atoms with Crippen molar-refractivity contribution in [2.24, 2.45) is 10.8 Å². The molecule has 1 N–H and O–H groups in total. The zero-order valence-electron chi connectivity index (χ0n) is 21.2. The second-order valence-corrected chi connectivity index (χ2v) is 12.5. The van der Waals surface area contributed by atoms with E-state index in [1.165, 1.54) is 37.0 Å². The van der Waals surface area contributed by atoms with Crippen LogP contribution in [-0.4, -0.2) is 93.8 Å². The highest BCUT2D eigenvalue weighted by molar-refractivity contribution is 6.30. The molecule has 1 unspecified atom stereocenters. The van der Waals surface area contributed by atoms with Crippen molar-refractivity contribution >= 4 is 40.4 Å². The summed E-state index contributed by atoms with van der Waals surface area (Å²) < 4.78 is 15.2. The summed E-state index contributed by atoms with van der Waals surface area (Å²) in [5, 5.41) is 10.1. The summed E-state index contributed by atoms with van der Waals surface area (Å²) in [5.41, 5.74) is 0.455. The fraction of sp³-hybridized carbons (Fsp3) is 0.680. The molecule has 2 aromatic heterocycles. The van der Waals surface area contributed by atoms with Crippen molar-refractivity contribution in [3.8, 4) is 0 Å². The van der Waals surface area contributed by atoms with E-state index in [1.54, 1.807) is 0 Å². The van der Waals surface area contributed by atoms with Crippen molar-refractivity contribution in [2.75, 3.05) is 49.6 Å². The smallest absolute Gasteiger partial charge is 0.407 e. The van der Waals surface area contributed by atoms with Gasteiger partial charge in [-0.25, -0.2) is 19.2 Å². The molecule has 4 aliphatic rings. The summed E-state index contributed by atoms with van der Waals surface area (Å²) in [4.78, 5) is 33.7. The number of pyridine rings is 1. The van der Waals surface area contributed by atoms with Crippen LogP contribution in [0.15, 0.2) is 6.20 Å². The fourth-order valence-corrected chi connectivity index (χ4v) is 6.57. The van der Waals surface area contributed by atoms with Gasteiger partial charge in [-0.05, 0) is 30.1 Å². The normalized spacial score (nSPS) is 25.8. The second-order valence-electron chi connectivity index (χ2n) is 12.2. The van der Waals surface area contributed by atoms with Gasteiger partial charge in [0.2, 0.25) is 5.95 Å². The highest BCUT2D eigenvalue weighted by Gasteiger charge is 2.55. The predicted octanol–water partition coefficient (Wildman–Crippen LogP) is 3.70. The molecular formula is C25H33ClFN7O2. The van der Waals surface area contributed by atoms with Crippen molar-refractivity contribution in [3.63, 3.8) is 0 Å². The zero-order valence-corrected chi connectivity index (χ0v) is 22.0. The van der Waals surface area contributed by atoms with Crippen molar-refractivity contribution in [2.45, 2.75) is 58.2 Å². The Morgan fingerprint density at radius 2 is 1.94 bits per heavy atom. The maximum atomic E-state index is 15.2. The van der Waals surface area contributed by atoms with E-state index in [0.29, 0.717) is 41.6 Å². The van der Waals surface area contributed by atoms with E-state index in [0.717, 1.165) is 13.1 Å². The van der Waals surface area contributed by atoms with Gasteiger partial charge in [0.05, 0.1) is 17.5 Å². The molecule has 1 aliphatic carbocycles. The van der Waals surface area contributed by atoms with Crippen LogP contribution < -0.4 is 9.80 Å². The summed E-state index contributed by atoms with van der Waals surface area (Å²) in [6.45, 7) is 10.6. The fourth-order valence-electron chi connectivity index (χ4n) is 6.43. The van der Waals surface area contributed by atoms with Gasteiger partial charge >= 0.3 is 6.09 Å². The molecule has 3 saturated heterocycles. The predicted molar refractivity (Wildman–Crippen MR) is 136 cm³/mol. The highest BCUT2D eigenvalue weighted by atomic mass is 35.5. The lowest BCUT2D eigenvalue weighted by Crippen LogP contribution is -2.66. The molecule has 2 atom stereocenters. The monoisotopic (exact) mass is 517 g/mol. The van der Waals surface area contributed by atoms with E-state index >= 15 is 4.39 Å². The Labute approximate surface area is 215 Å². The molecule has 9 nitrogen and oxygen atoms in total. The minimum Gasteiger partial charge on any atom is -0.465 e. The minimum atomic E-state index is -0.927. The molecule has 6 rings (SSSR count). The highest BCUT2D eigenvalue weighted by Crippen LogP contribution is 2.54. The number of hydrogen-bond acceptors (Lipinski definition) is 7. The van der Waals surface area contributed by atoms with E-state index in [-0.39, 0.29) is 28.2 Å². The van der Waals surface area contributed by atoms with Gasteiger partial charge in [-0.2, -0.15) is 4.98 Å². The van der Waals surface area contributed by atoms with Crippen LogP contribution in [0.25, 0.3) is 10.9 Å². The average molecular weight is 518 g/mol. The van der Waals surface area contributed by atoms with E-state index < -0.39 is 11.9 Å². The number of carboxylic acid groups (broad SMARTS) is 1. The minimum absolute atomic E-state index is 0.134. The summed E-state index contributed by atoms with van der Waals surface area (Å²) in [6, 6.07) is 0.0886. The molecule has 11 heteroatoms. The third-order valence-electron chi connectivity index (χ3n) is 8.64. The van der Waals surface area contributed by atoms with E-state index in [9.17, 15) is 9.90 Å². The Morgan fingerprint density at radius 3 is 2.56 bits per heavy atom. The number of aromatic nitrogens is 3. The number of likely N-dealkylation sites (tertiary alicyclic amines) is 2. The number of hydrogen-bond donors (Lipinski definition) is 1. The number of carbonyl (C=O) groups is 1. The number of nitrogens with zero attached hydrogens (tertiary/aromatic N) is 7. The molecule has 1 saturated carbocycles. The molecule has 5 heterocycles. The topological polar surface area (TPSA) is 88.9 Å². The molecule has 36 heavy (non-hydrogen) atoms. The maximum Gasteiger partial charge on any atom is 0.407 e. The average Bonchev–Trinajstić information content (AvgIpc) is 3.42. The van der Waals surface area contributed by atoms with Crippen molar-refractivity contribution in [1.82, 2.24) is 24.8 Å². The number of halogens is 2. The Hall–Kier alpha value is -2.46. The van der Waals surface area contributed by atoms with Crippen LogP contribution in [0, 0.1) is 16.6 Å². The number of amides is 1. The Balaban J connectivity index is 1.33. The molecule has 3 aliphatic heterocycles. The van der Waals surface area contributed by atoms with Crippen LogP contribution in [0.3, 0.4) is 0 Å². The molecule has 0 aromatic carbocycles. The van der Waals surface area contributed by atoms with Gasteiger partial charge in [0, 0.05) is 52.0 Å². The Bertz CT molecular complexity index is 1220. The van der Waals surface area contributed by atoms with Crippen molar-refractivity contribution in [3.05, 3.63) is 17.2 Å². The first-order valence-electron chi connectivity index (χ1n) is 12.7. The second kappa shape index (κ2) is 8.02. The summed E-state index contributed by atoms with van der Waals surface area (Å²) in [5.74, 6) is 0.367. The molecule has 1 spiro atoms. The molecule has 0 bridgehead atoms. The third kappa shape index (κ3) is 3.75. The number of likely N-dealkylation sites (N-methyl/N-ethyl adjacent to an activating group) is 1. The van der Waals surface area contributed by atoms with E-state index in [4.69, 9.17) is 16.6 Å². The standard InChI is InChI=1S/C25H33ClFN7O2/c1-24(2,3)19-16(5-8-34(19)23(35)36)31(4)21-15-9-28-20(26)17(27)18(15)29-22(30-21)32-10-14(11-32)33-12-25(13-33)6-7-25/h9,14,16,19H,5-8,10-13H2,1-4H3,(H,35,36)/t16-,19?/m1/s1. The van der Waals surface area contributed by atoms with Crippen LogP contribution in [-0.2, 0) is 0 Å². The van der Waals surface area contributed by atoms with Gasteiger partial charge < -0.3 is 19.8 Å². The van der Waals surface area contributed by atoms with Gasteiger partial charge in [-0.15, -0.1) is 0 Å². The SMILES string of the molecule is CN(c1nc(N2CC(N3CC4(CC4)C3)C2)nc2c(F)c(Cl)ncc12)[C@@H]1CCN(C(=O)O)C1C(C)(C)C. The lowest BCUT2D eigenvalue weighted by atomic mass is 9.82. The third-order valence-corrected chi connectivity index (χ3v) is 8.90. The molecular weight excluding hydrogens is 485 g/mol. The first-order valence-corrected chi connectivity index (χ1v) is 13.1. The van der Waals surface area contributed by atoms with E-state index in [1.807, 2.05) is 32.7 Å². The molecule has 2 aromatic rings.